The van der Waals surface area contributed by atoms with Crippen LogP contribution >= 0.6 is 0 Å². The number of ether oxygens (including phenoxy) is 1. The monoisotopic (exact) mass is 534 g/mol. The number of halogens is 17. The van der Waals surface area contributed by atoms with Crippen molar-refractivity contribution in [3.8, 4) is 0 Å². The molecule has 0 N–H and O–H groups in total. The second-order valence-electron chi connectivity index (χ2n) is 6.72. The van der Waals surface area contributed by atoms with E-state index in [2.05, 4.69) is 4.74 Å². The van der Waals surface area contributed by atoms with Gasteiger partial charge in [0.05, 0.1) is 0 Å². The van der Waals surface area contributed by atoms with Gasteiger partial charge in [-0.3, -0.25) is 0 Å². The summed E-state index contributed by atoms with van der Waals surface area (Å²) < 4.78 is 226. The molecule has 0 aliphatic heterocycles. The van der Waals surface area contributed by atoms with Crippen molar-refractivity contribution in [1.29, 1.82) is 0 Å². The molecule has 0 aliphatic carbocycles. The third-order valence-corrected chi connectivity index (χ3v) is 4.21. The summed E-state index contributed by atoms with van der Waals surface area (Å²) in [6.45, 7) is 0.644. The normalized spacial score (nSPS) is 15.8. The molecule has 0 spiro atoms. The minimum atomic E-state index is -8.59. The molecule has 0 saturated heterocycles. The standard InChI is InChI=1S/C15H15F17O/c1-2-3-6-33-7-4-5-8(16,17)9(18,19)10(20,21)11(22,23)12(24,25)13(26,27)14(28,29)15(30,31)32/h2-7H2,1H3. The number of rotatable bonds is 13. The molecule has 200 valence electrons. The maximum atomic E-state index is 13.5. The Kier molecular flexibility index (Phi) is 9.08. The Bertz CT molecular complexity index is 637. The van der Waals surface area contributed by atoms with E-state index in [1.165, 1.54) is 0 Å². The van der Waals surface area contributed by atoms with Crippen molar-refractivity contribution in [2.75, 3.05) is 13.2 Å². The lowest BCUT2D eigenvalue weighted by atomic mass is 9.88. The average molecular weight is 534 g/mol. The predicted octanol–water partition coefficient (Wildman–Crippen LogP) is 7.59. The first-order chi connectivity index (χ1) is 14.3. The van der Waals surface area contributed by atoms with Crippen LogP contribution in [0.15, 0.2) is 0 Å². The Balaban J connectivity index is 6.11. The van der Waals surface area contributed by atoms with Gasteiger partial charge in [-0.15, -0.1) is 0 Å². The molecule has 0 aromatic heterocycles. The Morgan fingerprint density at radius 2 is 0.788 bits per heavy atom. The smallest absolute Gasteiger partial charge is 0.381 e. The third kappa shape index (κ3) is 5.09. The summed E-state index contributed by atoms with van der Waals surface area (Å²) in [7, 11) is 0. The minimum absolute atomic E-state index is 0.137. The lowest BCUT2D eigenvalue weighted by molar-refractivity contribution is -0.461. The van der Waals surface area contributed by atoms with Gasteiger partial charge in [0.25, 0.3) is 0 Å². The highest BCUT2D eigenvalue weighted by Gasteiger charge is 2.95. The molecule has 0 bridgehead atoms. The van der Waals surface area contributed by atoms with Crippen LogP contribution in [0.5, 0.6) is 0 Å². The van der Waals surface area contributed by atoms with Crippen LogP contribution in [0, 0.1) is 0 Å². The van der Waals surface area contributed by atoms with E-state index in [0.717, 1.165) is 0 Å². The molecule has 0 rings (SSSR count). The van der Waals surface area contributed by atoms with Crippen LogP contribution in [0.2, 0.25) is 0 Å². The van der Waals surface area contributed by atoms with Crippen LogP contribution in [0.25, 0.3) is 0 Å². The molecule has 0 aromatic rings. The molecule has 0 fully saturated rings. The van der Waals surface area contributed by atoms with Crippen molar-refractivity contribution in [2.24, 2.45) is 0 Å². The van der Waals surface area contributed by atoms with E-state index in [1.807, 2.05) is 0 Å². The quantitative estimate of drug-likeness (QED) is 0.175. The Labute approximate surface area is 174 Å². The summed E-state index contributed by atoms with van der Waals surface area (Å²) in [5.74, 6) is -55.9. The predicted molar refractivity (Wildman–Crippen MR) is 75.6 cm³/mol. The van der Waals surface area contributed by atoms with E-state index in [9.17, 15) is 74.6 Å². The molecule has 0 amide bonds. The Morgan fingerprint density at radius 1 is 0.455 bits per heavy atom. The zero-order valence-corrected chi connectivity index (χ0v) is 16.1. The van der Waals surface area contributed by atoms with Gasteiger partial charge in [0.15, 0.2) is 0 Å². The number of unbranched alkanes of at least 4 members (excludes halogenated alkanes) is 1. The summed E-state index contributed by atoms with van der Waals surface area (Å²) in [6.07, 6.45) is -10.7. The fourth-order valence-electron chi connectivity index (χ4n) is 2.10. The van der Waals surface area contributed by atoms with Gasteiger partial charge in [0.1, 0.15) is 0 Å². The van der Waals surface area contributed by atoms with Gasteiger partial charge < -0.3 is 4.74 Å². The highest BCUT2D eigenvalue weighted by Crippen LogP contribution is 2.64. The highest BCUT2D eigenvalue weighted by atomic mass is 19.4. The largest absolute Gasteiger partial charge is 0.460 e. The number of alkyl halides is 17. The van der Waals surface area contributed by atoms with Crippen LogP contribution < -0.4 is 0 Å². The molecule has 0 heterocycles. The van der Waals surface area contributed by atoms with E-state index in [0.29, 0.717) is 12.8 Å². The van der Waals surface area contributed by atoms with Crippen molar-refractivity contribution in [2.45, 2.75) is 80.2 Å². The van der Waals surface area contributed by atoms with Gasteiger partial charge in [-0.25, -0.2) is 0 Å². The second-order valence-corrected chi connectivity index (χ2v) is 6.72. The molecule has 18 heteroatoms. The topological polar surface area (TPSA) is 9.23 Å². The van der Waals surface area contributed by atoms with Gasteiger partial charge >= 0.3 is 47.6 Å². The van der Waals surface area contributed by atoms with E-state index >= 15 is 0 Å². The maximum absolute atomic E-state index is 13.5. The van der Waals surface area contributed by atoms with Crippen LogP contribution in [0.1, 0.15) is 32.6 Å². The number of hydrogen-bond acceptors (Lipinski definition) is 1. The minimum Gasteiger partial charge on any atom is -0.381 e. The van der Waals surface area contributed by atoms with Crippen molar-refractivity contribution in [3.63, 3.8) is 0 Å². The third-order valence-electron chi connectivity index (χ3n) is 4.21. The van der Waals surface area contributed by atoms with Crippen molar-refractivity contribution >= 4 is 0 Å². The average Bonchev–Trinajstić information content (AvgIpc) is 2.62. The van der Waals surface area contributed by atoms with Crippen LogP contribution in [0.4, 0.5) is 74.6 Å². The zero-order chi connectivity index (χ0) is 26.9. The molecule has 33 heavy (non-hydrogen) atoms. The van der Waals surface area contributed by atoms with Crippen LogP contribution in [-0.4, -0.2) is 60.8 Å². The van der Waals surface area contributed by atoms with E-state index in [1.54, 1.807) is 6.92 Å². The Morgan fingerprint density at radius 3 is 1.15 bits per heavy atom. The molecule has 0 aromatic carbocycles. The van der Waals surface area contributed by atoms with Gasteiger partial charge in [-0.1, -0.05) is 13.3 Å². The van der Waals surface area contributed by atoms with Crippen molar-refractivity contribution < 1.29 is 79.4 Å². The van der Waals surface area contributed by atoms with E-state index in [4.69, 9.17) is 0 Å². The molecule has 1 nitrogen and oxygen atoms in total. The molecule has 0 unspecified atom stereocenters. The summed E-state index contributed by atoms with van der Waals surface area (Å²) in [5.41, 5.74) is 0. The summed E-state index contributed by atoms with van der Waals surface area (Å²) in [5, 5.41) is 0. The molecular weight excluding hydrogens is 519 g/mol. The van der Waals surface area contributed by atoms with Crippen LogP contribution in [0.3, 0.4) is 0 Å². The molecule has 0 atom stereocenters. The lowest BCUT2D eigenvalue weighted by Gasteiger charge is -2.42. The molecule has 0 aliphatic rings. The van der Waals surface area contributed by atoms with Crippen LogP contribution in [-0.2, 0) is 4.74 Å². The fraction of sp³-hybridized carbons (Fsp3) is 1.00. The van der Waals surface area contributed by atoms with Crippen molar-refractivity contribution in [1.82, 2.24) is 0 Å². The highest BCUT2D eigenvalue weighted by molar-refractivity contribution is 5.15. The fourth-order valence-corrected chi connectivity index (χ4v) is 2.10. The zero-order valence-electron chi connectivity index (χ0n) is 16.1. The van der Waals surface area contributed by atoms with Gasteiger partial charge in [-0.05, 0) is 12.8 Å². The molecular formula is C15H15F17O. The number of hydrogen-bond donors (Lipinski definition) is 0. The summed E-state index contributed by atoms with van der Waals surface area (Å²) >= 11 is 0. The van der Waals surface area contributed by atoms with Gasteiger partial charge in [-0.2, -0.15) is 74.6 Å². The second kappa shape index (κ2) is 9.43. The summed E-state index contributed by atoms with van der Waals surface area (Å²) in [4.78, 5) is 0. The molecule has 0 radical (unpaired) electrons. The van der Waals surface area contributed by atoms with Gasteiger partial charge in [0.2, 0.25) is 0 Å². The first-order valence-corrected chi connectivity index (χ1v) is 8.60. The summed E-state index contributed by atoms with van der Waals surface area (Å²) in [6, 6.07) is 0. The van der Waals surface area contributed by atoms with E-state index < -0.39 is 67.1 Å². The SMILES string of the molecule is CCCCOCCCC(F)(F)C(F)(F)C(F)(F)C(F)(F)C(F)(F)C(F)(F)C(F)(F)C(F)(F)F. The maximum Gasteiger partial charge on any atom is 0.460 e. The van der Waals surface area contributed by atoms with Crippen molar-refractivity contribution in [3.05, 3.63) is 0 Å². The Hall–Kier alpha value is -1.23. The van der Waals surface area contributed by atoms with Gasteiger partial charge in [0, 0.05) is 19.6 Å². The first kappa shape index (κ1) is 31.8. The van der Waals surface area contributed by atoms with E-state index in [-0.39, 0.29) is 6.61 Å². The lowest BCUT2D eigenvalue weighted by Crippen LogP contribution is -2.74. The first-order valence-electron chi connectivity index (χ1n) is 8.60. The molecule has 0 saturated carbocycles.